The molecule has 2 aromatic rings. The van der Waals surface area contributed by atoms with Crippen LogP contribution in [-0.2, 0) is 4.79 Å². The van der Waals surface area contributed by atoms with E-state index >= 15 is 0 Å². The highest BCUT2D eigenvalue weighted by atomic mass is 16.1. The number of carbonyl (C=O) groups is 1. The number of carbonyl (C=O) groups excluding carboxylic acids is 1. The van der Waals surface area contributed by atoms with Gasteiger partial charge in [-0.1, -0.05) is 0 Å². The normalized spacial score (nSPS) is 10.9. The number of aryl methyl sites for hydroxylation is 1. The van der Waals surface area contributed by atoms with Crippen molar-refractivity contribution < 1.29 is 4.79 Å². The van der Waals surface area contributed by atoms with E-state index in [0.717, 1.165) is 28.1 Å². The minimum absolute atomic E-state index is 0.141. The number of nitrogens with zero attached hydrogens (tertiary/aromatic N) is 3. The molecule has 125 valence electrons. The van der Waals surface area contributed by atoms with Gasteiger partial charge in [0, 0.05) is 26.7 Å². The van der Waals surface area contributed by atoms with Crippen LogP contribution in [0.4, 0.5) is 22.7 Å². The van der Waals surface area contributed by atoms with Gasteiger partial charge in [-0.25, -0.2) is 0 Å². The van der Waals surface area contributed by atoms with E-state index in [1.807, 2.05) is 57.1 Å². The maximum Gasteiger partial charge on any atom is 0.221 e. The van der Waals surface area contributed by atoms with Gasteiger partial charge >= 0.3 is 0 Å². The average Bonchev–Trinajstić information content (AvgIpc) is 2.52. The van der Waals surface area contributed by atoms with Crippen LogP contribution in [0, 0.1) is 26.8 Å². The third kappa shape index (κ3) is 3.98. The summed E-state index contributed by atoms with van der Waals surface area (Å²) in [4.78, 5) is 13.4. The van der Waals surface area contributed by atoms with E-state index < -0.39 is 0 Å². The Kier molecular flexibility index (Phi) is 5.34. The SMILES string of the molecule is CC(=O)Nc1cc(N(C)C)ccc1N=Nc1c[c]c(C)c(C)c1C. The Hall–Kier alpha value is -2.69. The molecule has 5 nitrogen and oxygen atoms in total. The van der Waals surface area contributed by atoms with Crippen molar-refractivity contribution in [2.75, 3.05) is 24.3 Å². The predicted octanol–water partition coefficient (Wildman–Crippen LogP) is 4.85. The third-order valence-electron chi connectivity index (χ3n) is 4.01. The zero-order valence-electron chi connectivity index (χ0n) is 15.1. The molecule has 24 heavy (non-hydrogen) atoms. The minimum Gasteiger partial charge on any atom is -0.378 e. The summed E-state index contributed by atoms with van der Waals surface area (Å²) in [5.41, 5.74) is 6.38. The van der Waals surface area contributed by atoms with Crippen LogP contribution >= 0.6 is 0 Å². The topological polar surface area (TPSA) is 57.1 Å². The van der Waals surface area contributed by atoms with E-state index in [1.54, 1.807) is 0 Å². The second-order valence-electron chi connectivity index (χ2n) is 6.03. The van der Waals surface area contributed by atoms with Gasteiger partial charge in [-0.15, -0.1) is 5.11 Å². The van der Waals surface area contributed by atoms with Gasteiger partial charge < -0.3 is 10.2 Å². The minimum atomic E-state index is -0.141. The molecule has 5 heteroatoms. The van der Waals surface area contributed by atoms with Crippen LogP contribution in [0.15, 0.2) is 34.5 Å². The van der Waals surface area contributed by atoms with Crippen molar-refractivity contribution in [1.29, 1.82) is 0 Å². The maximum absolute atomic E-state index is 11.5. The Morgan fingerprint density at radius 1 is 1.08 bits per heavy atom. The van der Waals surface area contributed by atoms with Crippen LogP contribution in [0.3, 0.4) is 0 Å². The molecule has 0 spiro atoms. The zero-order valence-corrected chi connectivity index (χ0v) is 15.1. The number of anilines is 2. The molecule has 0 aliphatic carbocycles. The van der Waals surface area contributed by atoms with Crippen LogP contribution in [-0.4, -0.2) is 20.0 Å². The van der Waals surface area contributed by atoms with Crippen molar-refractivity contribution in [3.63, 3.8) is 0 Å². The molecule has 0 bridgehead atoms. The lowest BCUT2D eigenvalue weighted by molar-refractivity contribution is -0.114. The molecular formula is C19H23N4O. The fourth-order valence-electron chi connectivity index (χ4n) is 2.26. The molecule has 1 radical (unpaired) electrons. The number of azo groups is 1. The Balaban J connectivity index is 2.41. The van der Waals surface area contributed by atoms with Gasteiger partial charge in [-0.05, 0) is 67.8 Å². The van der Waals surface area contributed by atoms with Gasteiger partial charge in [0.1, 0.15) is 5.69 Å². The molecule has 0 aliphatic heterocycles. The summed E-state index contributed by atoms with van der Waals surface area (Å²) in [6.07, 6.45) is 0. The van der Waals surface area contributed by atoms with E-state index in [2.05, 4.69) is 28.5 Å². The molecule has 1 amide bonds. The van der Waals surface area contributed by atoms with Gasteiger partial charge in [-0.3, -0.25) is 4.79 Å². The third-order valence-corrected chi connectivity index (χ3v) is 4.01. The van der Waals surface area contributed by atoms with Crippen LogP contribution in [0.2, 0.25) is 0 Å². The molecular weight excluding hydrogens is 300 g/mol. The van der Waals surface area contributed by atoms with E-state index in [1.165, 1.54) is 6.92 Å². The summed E-state index contributed by atoms with van der Waals surface area (Å²) in [6.45, 7) is 7.58. The van der Waals surface area contributed by atoms with E-state index in [-0.39, 0.29) is 5.91 Å². The quantitative estimate of drug-likeness (QED) is 0.818. The average molecular weight is 323 g/mol. The van der Waals surface area contributed by atoms with E-state index in [9.17, 15) is 4.79 Å². The van der Waals surface area contributed by atoms with Crippen molar-refractivity contribution in [3.05, 3.63) is 47.0 Å². The Bertz CT molecular complexity index is 794. The molecule has 2 aromatic carbocycles. The first kappa shape index (κ1) is 17.7. The molecule has 0 saturated heterocycles. The summed E-state index contributed by atoms with van der Waals surface area (Å²) in [7, 11) is 3.89. The molecule has 0 aliphatic rings. The zero-order chi connectivity index (χ0) is 17.9. The number of nitrogens with one attached hydrogen (secondary N) is 1. The lowest BCUT2D eigenvalue weighted by atomic mass is 10.0. The first-order valence-corrected chi connectivity index (χ1v) is 7.78. The molecule has 0 unspecified atom stereocenters. The maximum atomic E-state index is 11.5. The lowest BCUT2D eigenvalue weighted by Gasteiger charge is -2.15. The highest BCUT2D eigenvalue weighted by Gasteiger charge is 2.08. The van der Waals surface area contributed by atoms with Gasteiger partial charge in [-0.2, -0.15) is 5.11 Å². The van der Waals surface area contributed by atoms with Gasteiger partial charge in [0.15, 0.2) is 0 Å². The van der Waals surface area contributed by atoms with Crippen molar-refractivity contribution >= 4 is 28.7 Å². The van der Waals surface area contributed by atoms with Crippen LogP contribution < -0.4 is 10.2 Å². The Labute approximate surface area is 143 Å². The van der Waals surface area contributed by atoms with Crippen molar-refractivity contribution in [2.24, 2.45) is 10.2 Å². The van der Waals surface area contributed by atoms with Crippen LogP contribution in [0.5, 0.6) is 0 Å². The second-order valence-corrected chi connectivity index (χ2v) is 6.03. The number of hydrogen-bond acceptors (Lipinski definition) is 4. The number of benzene rings is 2. The van der Waals surface area contributed by atoms with Crippen LogP contribution in [0.25, 0.3) is 0 Å². The summed E-state index contributed by atoms with van der Waals surface area (Å²) in [5.74, 6) is -0.141. The van der Waals surface area contributed by atoms with Crippen molar-refractivity contribution in [3.8, 4) is 0 Å². The highest BCUT2D eigenvalue weighted by molar-refractivity contribution is 5.92. The molecule has 1 N–H and O–H groups in total. The second kappa shape index (κ2) is 7.25. The fourth-order valence-corrected chi connectivity index (χ4v) is 2.26. The van der Waals surface area contributed by atoms with Crippen molar-refractivity contribution in [2.45, 2.75) is 27.7 Å². The van der Waals surface area contributed by atoms with Gasteiger partial charge in [0.2, 0.25) is 5.91 Å². The summed E-state index contributed by atoms with van der Waals surface area (Å²) in [6, 6.07) is 10.7. The summed E-state index contributed by atoms with van der Waals surface area (Å²) in [5, 5.41) is 11.5. The Morgan fingerprint density at radius 3 is 2.38 bits per heavy atom. The molecule has 0 fully saturated rings. The molecule has 0 aromatic heterocycles. The smallest absolute Gasteiger partial charge is 0.221 e. The highest BCUT2D eigenvalue weighted by Crippen LogP contribution is 2.32. The fraction of sp³-hybridized carbons (Fsp3) is 0.316. The molecule has 2 rings (SSSR count). The lowest BCUT2D eigenvalue weighted by Crippen LogP contribution is -2.10. The van der Waals surface area contributed by atoms with Crippen molar-refractivity contribution in [1.82, 2.24) is 0 Å². The predicted molar refractivity (Wildman–Crippen MR) is 98.7 cm³/mol. The summed E-state index contributed by atoms with van der Waals surface area (Å²) < 4.78 is 0. The first-order chi connectivity index (χ1) is 11.3. The number of rotatable bonds is 4. The Morgan fingerprint density at radius 2 is 1.75 bits per heavy atom. The van der Waals surface area contributed by atoms with Crippen LogP contribution in [0.1, 0.15) is 23.6 Å². The molecule has 0 heterocycles. The number of hydrogen-bond donors (Lipinski definition) is 1. The molecule has 0 saturated carbocycles. The first-order valence-electron chi connectivity index (χ1n) is 7.78. The largest absolute Gasteiger partial charge is 0.378 e. The monoisotopic (exact) mass is 323 g/mol. The van der Waals surface area contributed by atoms with E-state index in [0.29, 0.717) is 11.4 Å². The summed E-state index contributed by atoms with van der Waals surface area (Å²) >= 11 is 0. The molecule has 0 atom stereocenters. The van der Waals surface area contributed by atoms with Gasteiger partial charge in [0.05, 0.1) is 11.4 Å². The van der Waals surface area contributed by atoms with Gasteiger partial charge in [0.25, 0.3) is 0 Å². The number of amides is 1. The standard InChI is InChI=1S/C19H23N4O/c1-12-7-9-17(14(3)13(12)2)21-22-18-10-8-16(23(5)6)11-19(18)20-15(4)24/h8-11H,1-6H3,(H,20,24). The van der Waals surface area contributed by atoms with E-state index in [4.69, 9.17) is 0 Å².